The van der Waals surface area contributed by atoms with Gasteiger partial charge >= 0.3 is 0 Å². The molecule has 0 atom stereocenters. The van der Waals surface area contributed by atoms with Gasteiger partial charge in [0.2, 0.25) is 0 Å². The molecule has 3 nitrogen and oxygen atoms in total. The number of pyridine rings is 1. The Bertz CT molecular complexity index is 480. The second kappa shape index (κ2) is 3.26. The fraction of sp³-hybridized carbons (Fsp3) is 0.417. The second-order valence-corrected chi connectivity index (χ2v) is 5.09. The average molecular weight is 204 g/mol. The van der Waals surface area contributed by atoms with Gasteiger partial charge in [0, 0.05) is 6.42 Å². The normalized spacial score (nSPS) is 12.2. The predicted octanol–water partition coefficient (Wildman–Crippen LogP) is 2.63. The molecule has 2 aromatic heterocycles. The van der Waals surface area contributed by atoms with Crippen LogP contribution in [0.25, 0.3) is 5.52 Å². The van der Waals surface area contributed by atoms with E-state index < -0.39 is 0 Å². The molecule has 0 aromatic carbocycles. The molecule has 3 heteroatoms. The second-order valence-electron chi connectivity index (χ2n) is 5.09. The number of rotatable bonds is 1. The van der Waals surface area contributed by atoms with Gasteiger partial charge in [-0.2, -0.15) is 0 Å². The summed E-state index contributed by atoms with van der Waals surface area (Å²) in [5.41, 5.74) is 1.22. The minimum absolute atomic E-state index is 0.201. The lowest BCUT2D eigenvalue weighted by Crippen LogP contribution is -2.11. The van der Waals surface area contributed by atoms with Crippen LogP contribution in [-0.4, -0.2) is 14.5 Å². The Labute approximate surface area is 89.4 Å². The first-order valence-corrected chi connectivity index (χ1v) is 5.11. The van der Waals surface area contributed by atoms with E-state index in [2.05, 4.69) is 25.8 Å². The number of hydrogen-bond acceptors (Lipinski definition) is 2. The third-order valence-corrected chi connectivity index (χ3v) is 2.28. The maximum atomic E-state index is 9.42. The van der Waals surface area contributed by atoms with E-state index in [4.69, 9.17) is 0 Å². The molecule has 0 saturated heterocycles. The maximum absolute atomic E-state index is 9.42. The summed E-state index contributed by atoms with van der Waals surface area (Å²) >= 11 is 0. The van der Waals surface area contributed by atoms with E-state index in [-0.39, 0.29) is 11.2 Å². The zero-order chi connectivity index (χ0) is 11.1. The molecule has 80 valence electrons. The Morgan fingerprint density at radius 2 is 2.07 bits per heavy atom. The number of nitrogens with zero attached hydrogens (tertiary/aromatic N) is 2. The summed E-state index contributed by atoms with van der Waals surface area (Å²) in [6, 6.07) is 3.55. The summed E-state index contributed by atoms with van der Waals surface area (Å²) in [6.07, 6.45) is 4.44. The first-order valence-electron chi connectivity index (χ1n) is 5.11. The lowest BCUT2D eigenvalue weighted by Gasteiger charge is -2.16. The van der Waals surface area contributed by atoms with Crippen molar-refractivity contribution in [2.45, 2.75) is 27.2 Å². The van der Waals surface area contributed by atoms with Gasteiger partial charge < -0.3 is 9.51 Å². The van der Waals surface area contributed by atoms with Crippen LogP contribution in [0.3, 0.4) is 0 Å². The Kier molecular flexibility index (Phi) is 2.18. The fourth-order valence-corrected chi connectivity index (χ4v) is 1.64. The number of aromatic nitrogens is 2. The van der Waals surface area contributed by atoms with Gasteiger partial charge in [-0.25, -0.2) is 4.98 Å². The van der Waals surface area contributed by atoms with Crippen molar-refractivity contribution in [3.63, 3.8) is 0 Å². The van der Waals surface area contributed by atoms with E-state index in [9.17, 15) is 5.11 Å². The SMILES string of the molecule is CC(C)(C)Cc1ncc2ccc(O)cn12. The predicted molar refractivity (Wildman–Crippen MR) is 60.0 cm³/mol. The molecule has 0 aliphatic carbocycles. The summed E-state index contributed by atoms with van der Waals surface area (Å²) in [6.45, 7) is 6.53. The van der Waals surface area contributed by atoms with Crippen molar-refractivity contribution in [1.29, 1.82) is 0 Å². The van der Waals surface area contributed by atoms with Crippen molar-refractivity contribution in [3.8, 4) is 5.75 Å². The Hall–Kier alpha value is -1.51. The van der Waals surface area contributed by atoms with Crippen LogP contribution in [0.15, 0.2) is 24.5 Å². The number of hydrogen-bond donors (Lipinski definition) is 1. The van der Waals surface area contributed by atoms with Crippen molar-refractivity contribution >= 4 is 5.52 Å². The van der Waals surface area contributed by atoms with Crippen molar-refractivity contribution in [3.05, 3.63) is 30.4 Å². The summed E-state index contributed by atoms with van der Waals surface area (Å²) in [5.74, 6) is 1.27. The van der Waals surface area contributed by atoms with Crippen LogP contribution in [0, 0.1) is 5.41 Å². The van der Waals surface area contributed by atoms with Crippen LogP contribution in [0.2, 0.25) is 0 Å². The Morgan fingerprint density at radius 1 is 1.33 bits per heavy atom. The van der Waals surface area contributed by atoms with E-state index in [1.165, 1.54) is 0 Å². The van der Waals surface area contributed by atoms with Crippen molar-refractivity contribution < 1.29 is 5.11 Å². The molecule has 0 saturated carbocycles. The molecule has 1 N–H and O–H groups in total. The molecule has 0 bridgehead atoms. The molecule has 2 aromatic rings. The number of aromatic hydroxyl groups is 1. The van der Waals surface area contributed by atoms with Gasteiger partial charge in [0.1, 0.15) is 11.6 Å². The van der Waals surface area contributed by atoms with E-state index in [0.29, 0.717) is 0 Å². The summed E-state index contributed by atoms with van der Waals surface area (Å²) in [7, 11) is 0. The molecule has 2 rings (SSSR count). The monoisotopic (exact) mass is 204 g/mol. The summed E-state index contributed by atoms with van der Waals surface area (Å²) < 4.78 is 1.95. The highest BCUT2D eigenvalue weighted by Gasteiger charge is 2.15. The van der Waals surface area contributed by atoms with Gasteiger partial charge in [-0.05, 0) is 17.5 Å². The van der Waals surface area contributed by atoms with E-state index >= 15 is 0 Å². The first kappa shape index (κ1) is 10.0. The molecular weight excluding hydrogens is 188 g/mol. The van der Waals surface area contributed by atoms with Gasteiger partial charge in [0.15, 0.2) is 0 Å². The van der Waals surface area contributed by atoms with Crippen LogP contribution in [-0.2, 0) is 6.42 Å². The average Bonchev–Trinajstić information content (AvgIpc) is 2.46. The van der Waals surface area contributed by atoms with Gasteiger partial charge in [-0.1, -0.05) is 20.8 Å². The maximum Gasteiger partial charge on any atom is 0.132 e. The van der Waals surface area contributed by atoms with E-state index in [1.54, 1.807) is 12.3 Å². The number of fused-ring (bicyclic) bond motifs is 1. The van der Waals surface area contributed by atoms with Gasteiger partial charge in [0.25, 0.3) is 0 Å². The van der Waals surface area contributed by atoms with Gasteiger partial charge in [0.05, 0.1) is 17.9 Å². The molecule has 15 heavy (non-hydrogen) atoms. The first-order chi connectivity index (χ1) is 6.96. The van der Waals surface area contributed by atoms with Crippen molar-refractivity contribution in [2.75, 3.05) is 0 Å². The third-order valence-electron chi connectivity index (χ3n) is 2.28. The molecule has 0 unspecified atom stereocenters. The minimum atomic E-state index is 0.201. The number of imidazole rings is 1. The Balaban J connectivity index is 2.48. The third kappa shape index (κ3) is 2.12. The molecule has 2 heterocycles. The lowest BCUT2D eigenvalue weighted by molar-refractivity contribution is 0.399. The highest BCUT2D eigenvalue weighted by Crippen LogP contribution is 2.21. The lowest BCUT2D eigenvalue weighted by atomic mass is 9.92. The fourth-order valence-electron chi connectivity index (χ4n) is 1.64. The van der Waals surface area contributed by atoms with Gasteiger partial charge in [-0.15, -0.1) is 0 Å². The molecule has 0 fully saturated rings. The smallest absolute Gasteiger partial charge is 0.132 e. The molecule has 0 amide bonds. The van der Waals surface area contributed by atoms with Crippen molar-refractivity contribution in [1.82, 2.24) is 9.38 Å². The Morgan fingerprint density at radius 3 is 2.73 bits per heavy atom. The molecule has 0 spiro atoms. The van der Waals surface area contributed by atoms with Crippen molar-refractivity contribution in [2.24, 2.45) is 5.41 Å². The molecular formula is C12H16N2O. The quantitative estimate of drug-likeness (QED) is 0.775. The molecule has 0 radical (unpaired) electrons. The largest absolute Gasteiger partial charge is 0.506 e. The van der Waals surface area contributed by atoms with Crippen LogP contribution in [0.4, 0.5) is 0 Å². The van der Waals surface area contributed by atoms with Crippen LogP contribution < -0.4 is 0 Å². The van der Waals surface area contributed by atoms with Crippen LogP contribution >= 0.6 is 0 Å². The van der Waals surface area contributed by atoms with E-state index in [0.717, 1.165) is 17.8 Å². The van der Waals surface area contributed by atoms with Crippen LogP contribution in [0.1, 0.15) is 26.6 Å². The highest BCUT2D eigenvalue weighted by molar-refractivity contribution is 5.48. The standard InChI is InChI=1S/C12H16N2O/c1-12(2,3)6-11-13-7-9-4-5-10(15)8-14(9)11/h4-5,7-8,15H,6H2,1-3H3. The molecule has 0 aliphatic rings. The van der Waals surface area contributed by atoms with Gasteiger partial charge in [-0.3, -0.25) is 0 Å². The summed E-state index contributed by atoms with van der Waals surface area (Å²) in [5, 5.41) is 9.42. The zero-order valence-electron chi connectivity index (χ0n) is 9.36. The van der Waals surface area contributed by atoms with E-state index in [1.807, 2.05) is 16.7 Å². The highest BCUT2D eigenvalue weighted by atomic mass is 16.3. The molecule has 0 aliphatic heterocycles. The summed E-state index contributed by atoms with van der Waals surface area (Å²) in [4.78, 5) is 4.37. The zero-order valence-corrected chi connectivity index (χ0v) is 9.36. The minimum Gasteiger partial charge on any atom is -0.506 e. The topological polar surface area (TPSA) is 37.5 Å². The van der Waals surface area contributed by atoms with Crippen LogP contribution in [0.5, 0.6) is 5.75 Å².